The first-order valence-corrected chi connectivity index (χ1v) is 10.9. The van der Waals surface area contributed by atoms with E-state index in [9.17, 15) is 18.0 Å². The molecule has 29 heavy (non-hydrogen) atoms. The van der Waals surface area contributed by atoms with E-state index in [4.69, 9.17) is 4.74 Å². The van der Waals surface area contributed by atoms with Gasteiger partial charge in [-0.3, -0.25) is 9.48 Å². The van der Waals surface area contributed by atoms with Crippen LogP contribution < -0.4 is 5.32 Å². The Morgan fingerprint density at radius 1 is 1.17 bits per heavy atom. The zero-order valence-corrected chi connectivity index (χ0v) is 17.0. The van der Waals surface area contributed by atoms with Crippen LogP contribution in [0.1, 0.15) is 36.0 Å². The summed E-state index contributed by atoms with van der Waals surface area (Å²) in [5.74, 6) is -1.22. The van der Waals surface area contributed by atoms with Gasteiger partial charge in [-0.25, -0.2) is 13.2 Å². The lowest BCUT2D eigenvalue weighted by Gasteiger charge is -2.20. The first-order chi connectivity index (χ1) is 13.9. The largest absolute Gasteiger partial charge is 0.452 e. The summed E-state index contributed by atoms with van der Waals surface area (Å²) < 4.78 is 33.7. The highest BCUT2D eigenvalue weighted by Crippen LogP contribution is 2.22. The van der Waals surface area contributed by atoms with Crippen molar-refractivity contribution in [1.29, 1.82) is 0 Å². The Morgan fingerprint density at radius 2 is 1.90 bits per heavy atom. The molecule has 3 rings (SSSR count). The van der Waals surface area contributed by atoms with E-state index >= 15 is 0 Å². The molecule has 0 unspecified atom stereocenters. The number of esters is 1. The highest BCUT2D eigenvalue weighted by Gasteiger charge is 2.25. The molecule has 0 atom stereocenters. The lowest BCUT2D eigenvalue weighted by Crippen LogP contribution is -2.32. The van der Waals surface area contributed by atoms with Gasteiger partial charge in [-0.1, -0.05) is 18.9 Å². The Balaban J connectivity index is 1.61. The molecule has 0 radical (unpaired) electrons. The second-order valence-electron chi connectivity index (χ2n) is 6.87. The van der Waals surface area contributed by atoms with Crippen LogP contribution in [0.5, 0.6) is 0 Å². The van der Waals surface area contributed by atoms with E-state index in [1.165, 1.54) is 33.5 Å². The van der Waals surface area contributed by atoms with Gasteiger partial charge in [-0.15, -0.1) is 0 Å². The lowest BCUT2D eigenvalue weighted by atomic mass is 10.2. The number of rotatable bonds is 6. The van der Waals surface area contributed by atoms with Gasteiger partial charge in [0, 0.05) is 32.0 Å². The van der Waals surface area contributed by atoms with E-state index in [-0.39, 0.29) is 10.5 Å². The third-order valence-corrected chi connectivity index (χ3v) is 6.49. The minimum atomic E-state index is -3.62. The highest BCUT2D eigenvalue weighted by atomic mass is 32.2. The quantitative estimate of drug-likeness (QED) is 0.713. The third-order valence-electron chi connectivity index (χ3n) is 4.60. The van der Waals surface area contributed by atoms with Crippen LogP contribution in [0.2, 0.25) is 0 Å². The number of carbonyl (C=O) groups is 2. The standard InChI is InChI=1S/C19H24N4O5S/c1-22-13-15(12-20-22)19(25)28-14-18(24)21-16-7-6-8-17(11-16)29(26,27)23-9-4-2-3-5-10-23/h6-8,11-13H,2-5,9-10,14H2,1H3,(H,21,24). The van der Waals surface area contributed by atoms with Gasteiger partial charge >= 0.3 is 5.97 Å². The number of ether oxygens (including phenoxy) is 1. The zero-order chi connectivity index (χ0) is 20.9. The molecule has 0 saturated carbocycles. The van der Waals surface area contributed by atoms with E-state index in [0.29, 0.717) is 18.8 Å². The van der Waals surface area contributed by atoms with Crippen molar-refractivity contribution < 1.29 is 22.7 Å². The van der Waals surface area contributed by atoms with Crippen LogP contribution >= 0.6 is 0 Å². The topological polar surface area (TPSA) is 111 Å². The summed E-state index contributed by atoms with van der Waals surface area (Å²) in [5.41, 5.74) is 0.564. The first-order valence-electron chi connectivity index (χ1n) is 9.42. The monoisotopic (exact) mass is 420 g/mol. The van der Waals surface area contributed by atoms with Crippen molar-refractivity contribution in [3.8, 4) is 0 Å². The van der Waals surface area contributed by atoms with Gasteiger partial charge in [0.2, 0.25) is 10.0 Å². The fourth-order valence-corrected chi connectivity index (χ4v) is 4.67. The number of benzene rings is 1. The number of aromatic nitrogens is 2. The predicted octanol–water partition coefficient (Wildman–Crippen LogP) is 1.78. The van der Waals surface area contributed by atoms with Crippen LogP contribution in [0.15, 0.2) is 41.6 Å². The van der Waals surface area contributed by atoms with Crippen LogP contribution in [0.4, 0.5) is 5.69 Å². The van der Waals surface area contributed by atoms with Crippen molar-refractivity contribution >= 4 is 27.6 Å². The molecule has 1 N–H and O–H groups in total. The van der Waals surface area contributed by atoms with Crippen LogP contribution in [-0.2, 0) is 26.6 Å². The highest BCUT2D eigenvalue weighted by molar-refractivity contribution is 7.89. The second kappa shape index (κ2) is 9.19. The molecule has 9 nitrogen and oxygen atoms in total. The molecule has 1 aromatic heterocycles. The number of anilines is 1. The van der Waals surface area contributed by atoms with Crippen LogP contribution in [-0.4, -0.2) is 54.1 Å². The van der Waals surface area contributed by atoms with E-state index in [2.05, 4.69) is 10.4 Å². The number of sulfonamides is 1. The van der Waals surface area contributed by atoms with Crippen molar-refractivity contribution in [3.63, 3.8) is 0 Å². The summed E-state index contributed by atoms with van der Waals surface area (Å²) in [5, 5.41) is 6.43. The first kappa shape index (κ1) is 21.0. The van der Waals surface area contributed by atoms with Crippen LogP contribution in [0.25, 0.3) is 0 Å². The van der Waals surface area contributed by atoms with E-state index in [1.807, 2.05) is 0 Å². The molecule has 2 aromatic rings. The molecule has 156 valence electrons. The molecular formula is C19H24N4O5S. The summed E-state index contributed by atoms with van der Waals surface area (Å²) in [7, 11) is -1.95. The number of nitrogens with zero attached hydrogens (tertiary/aromatic N) is 3. The minimum absolute atomic E-state index is 0.129. The van der Waals surface area contributed by atoms with E-state index in [1.54, 1.807) is 19.2 Å². The summed E-state index contributed by atoms with van der Waals surface area (Å²) in [4.78, 5) is 24.1. The van der Waals surface area contributed by atoms with Gasteiger partial charge in [0.15, 0.2) is 6.61 Å². The predicted molar refractivity (Wildman–Crippen MR) is 106 cm³/mol. The van der Waals surface area contributed by atoms with Gasteiger partial charge in [0.1, 0.15) is 0 Å². The van der Waals surface area contributed by atoms with Gasteiger partial charge in [0.25, 0.3) is 5.91 Å². The minimum Gasteiger partial charge on any atom is -0.452 e. The molecule has 1 saturated heterocycles. The van der Waals surface area contributed by atoms with Crippen molar-refractivity contribution in [2.45, 2.75) is 30.6 Å². The number of aryl methyl sites for hydroxylation is 1. The molecular weight excluding hydrogens is 396 g/mol. The number of amides is 1. The molecule has 1 amide bonds. The summed E-state index contributed by atoms with van der Waals surface area (Å²) in [6.45, 7) is 0.517. The third kappa shape index (κ3) is 5.42. The zero-order valence-electron chi connectivity index (χ0n) is 16.2. The summed E-state index contributed by atoms with van der Waals surface area (Å²) in [6.07, 6.45) is 6.57. The van der Waals surface area contributed by atoms with Crippen molar-refractivity contribution in [1.82, 2.24) is 14.1 Å². The Hall–Kier alpha value is -2.72. The SMILES string of the molecule is Cn1cc(C(=O)OCC(=O)Nc2cccc(S(=O)(=O)N3CCCCCC3)c2)cn1. The maximum atomic E-state index is 12.9. The Kier molecular flexibility index (Phi) is 6.65. The molecule has 0 aliphatic carbocycles. The Morgan fingerprint density at radius 3 is 2.55 bits per heavy atom. The van der Waals surface area contributed by atoms with Crippen molar-refractivity contribution in [2.24, 2.45) is 7.05 Å². The van der Waals surface area contributed by atoms with E-state index < -0.39 is 28.5 Å². The number of hydrogen-bond acceptors (Lipinski definition) is 6. The molecule has 10 heteroatoms. The van der Waals surface area contributed by atoms with Gasteiger partial charge < -0.3 is 10.1 Å². The molecule has 1 fully saturated rings. The smallest absolute Gasteiger partial charge is 0.341 e. The van der Waals surface area contributed by atoms with Crippen molar-refractivity contribution in [3.05, 3.63) is 42.2 Å². The number of carbonyl (C=O) groups excluding carboxylic acids is 2. The van der Waals surface area contributed by atoms with Gasteiger partial charge in [-0.2, -0.15) is 9.40 Å². The summed E-state index contributed by atoms with van der Waals surface area (Å²) >= 11 is 0. The van der Waals surface area contributed by atoms with Crippen molar-refractivity contribution in [2.75, 3.05) is 25.0 Å². The Labute approximate surface area is 169 Å². The maximum Gasteiger partial charge on any atom is 0.341 e. The second-order valence-corrected chi connectivity index (χ2v) is 8.81. The average molecular weight is 420 g/mol. The van der Waals surface area contributed by atoms with E-state index in [0.717, 1.165) is 25.7 Å². The average Bonchev–Trinajstić information content (AvgIpc) is 2.95. The molecule has 1 aliphatic heterocycles. The van der Waals surface area contributed by atoms with Crippen LogP contribution in [0.3, 0.4) is 0 Å². The van der Waals surface area contributed by atoms with Crippen LogP contribution in [0, 0.1) is 0 Å². The Bertz CT molecular complexity index is 978. The fraction of sp³-hybridized carbons (Fsp3) is 0.421. The summed E-state index contributed by atoms with van der Waals surface area (Å²) in [6, 6.07) is 6.09. The maximum absolute atomic E-state index is 12.9. The molecule has 1 aromatic carbocycles. The molecule has 0 bridgehead atoms. The van der Waals surface area contributed by atoms with Gasteiger partial charge in [-0.05, 0) is 31.0 Å². The molecule has 1 aliphatic rings. The van der Waals surface area contributed by atoms with Gasteiger partial charge in [0.05, 0.1) is 16.7 Å². The number of nitrogens with one attached hydrogen (secondary N) is 1. The normalized spacial score (nSPS) is 15.5. The number of hydrogen-bond donors (Lipinski definition) is 1. The lowest BCUT2D eigenvalue weighted by molar-refractivity contribution is -0.119. The molecule has 0 spiro atoms. The molecule has 2 heterocycles. The fourth-order valence-electron chi connectivity index (χ4n) is 3.10.